The third-order valence-corrected chi connectivity index (χ3v) is 4.79. The average Bonchev–Trinajstić information content (AvgIpc) is 3.26. The Morgan fingerprint density at radius 3 is 2.87 bits per heavy atom. The van der Waals surface area contributed by atoms with Gasteiger partial charge in [0.25, 0.3) is 0 Å². The molecule has 23 heavy (non-hydrogen) atoms. The van der Waals surface area contributed by atoms with Gasteiger partial charge >= 0.3 is 0 Å². The first kappa shape index (κ1) is 15.8. The molecule has 2 heterocycles. The number of carbonyl (C=O) groups excluding carboxylic acids is 1. The third-order valence-electron chi connectivity index (χ3n) is 3.00. The molecule has 0 atom stereocenters. The SMILES string of the molecule is O=C(CSCc1nc(-c2ccccc2)no1)NCc1cccs1. The average molecular weight is 345 g/mol. The van der Waals surface area contributed by atoms with Crippen LogP contribution in [-0.2, 0) is 17.1 Å². The van der Waals surface area contributed by atoms with Crippen LogP contribution in [-0.4, -0.2) is 21.8 Å². The molecule has 0 saturated heterocycles. The van der Waals surface area contributed by atoms with E-state index in [4.69, 9.17) is 4.52 Å². The van der Waals surface area contributed by atoms with Gasteiger partial charge in [0.1, 0.15) is 0 Å². The lowest BCUT2D eigenvalue weighted by molar-refractivity contribution is -0.118. The van der Waals surface area contributed by atoms with Crippen LogP contribution in [0.1, 0.15) is 10.8 Å². The molecular weight excluding hydrogens is 330 g/mol. The second kappa shape index (κ2) is 7.94. The lowest BCUT2D eigenvalue weighted by Gasteiger charge is -2.02. The molecule has 0 spiro atoms. The molecule has 3 rings (SSSR count). The number of thioether (sulfide) groups is 1. The second-order valence-electron chi connectivity index (χ2n) is 4.73. The van der Waals surface area contributed by atoms with Crippen molar-refractivity contribution in [2.45, 2.75) is 12.3 Å². The number of benzene rings is 1. The van der Waals surface area contributed by atoms with Gasteiger partial charge in [0.05, 0.1) is 18.1 Å². The summed E-state index contributed by atoms with van der Waals surface area (Å²) in [6, 6.07) is 13.6. The van der Waals surface area contributed by atoms with Gasteiger partial charge in [-0.15, -0.1) is 23.1 Å². The summed E-state index contributed by atoms with van der Waals surface area (Å²) in [6.45, 7) is 0.579. The van der Waals surface area contributed by atoms with Crippen molar-refractivity contribution >= 4 is 29.0 Å². The summed E-state index contributed by atoms with van der Waals surface area (Å²) in [5.74, 6) is 2.00. The van der Waals surface area contributed by atoms with Gasteiger partial charge in [-0.2, -0.15) is 4.98 Å². The number of hydrogen-bond donors (Lipinski definition) is 1. The quantitative estimate of drug-likeness (QED) is 0.711. The van der Waals surface area contributed by atoms with Crippen LogP contribution < -0.4 is 5.32 Å². The van der Waals surface area contributed by atoms with E-state index in [1.165, 1.54) is 11.8 Å². The van der Waals surface area contributed by atoms with Crippen LogP contribution in [0.5, 0.6) is 0 Å². The Balaban J connectivity index is 1.42. The highest BCUT2D eigenvalue weighted by atomic mass is 32.2. The van der Waals surface area contributed by atoms with E-state index in [-0.39, 0.29) is 5.91 Å². The predicted octanol–water partition coefficient (Wildman–Crippen LogP) is 3.35. The largest absolute Gasteiger partial charge is 0.350 e. The molecular formula is C16H15N3O2S2. The maximum absolute atomic E-state index is 11.8. The predicted molar refractivity (Wildman–Crippen MR) is 92.1 cm³/mol. The van der Waals surface area contributed by atoms with E-state index in [2.05, 4.69) is 15.5 Å². The van der Waals surface area contributed by atoms with Gasteiger partial charge < -0.3 is 9.84 Å². The van der Waals surface area contributed by atoms with Gasteiger partial charge in [0, 0.05) is 10.4 Å². The molecule has 0 fully saturated rings. The van der Waals surface area contributed by atoms with Crippen molar-refractivity contribution < 1.29 is 9.32 Å². The van der Waals surface area contributed by atoms with Crippen molar-refractivity contribution in [1.29, 1.82) is 0 Å². The minimum absolute atomic E-state index is 0.00574. The zero-order valence-corrected chi connectivity index (χ0v) is 13.9. The summed E-state index contributed by atoms with van der Waals surface area (Å²) in [5.41, 5.74) is 0.918. The first-order valence-corrected chi connectivity index (χ1v) is 9.09. The molecule has 0 aliphatic heterocycles. The summed E-state index contributed by atoms with van der Waals surface area (Å²) in [5, 5.41) is 8.84. The number of amides is 1. The van der Waals surface area contributed by atoms with Crippen LogP contribution in [0, 0.1) is 0 Å². The molecule has 0 saturated carbocycles. The molecule has 118 valence electrons. The van der Waals surface area contributed by atoms with E-state index < -0.39 is 0 Å². The van der Waals surface area contributed by atoms with E-state index in [0.29, 0.717) is 29.8 Å². The van der Waals surface area contributed by atoms with E-state index in [9.17, 15) is 4.79 Å². The van der Waals surface area contributed by atoms with E-state index >= 15 is 0 Å². The third kappa shape index (κ3) is 4.67. The Morgan fingerprint density at radius 2 is 2.09 bits per heavy atom. The summed E-state index contributed by atoms with van der Waals surface area (Å²) in [7, 11) is 0. The standard InChI is InChI=1S/C16H15N3O2S2/c20-14(17-9-13-7-4-8-23-13)10-22-11-15-18-16(19-21-15)12-5-2-1-3-6-12/h1-8H,9-11H2,(H,17,20). The lowest BCUT2D eigenvalue weighted by atomic mass is 10.2. The van der Waals surface area contributed by atoms with E-state index in [0.717, 1.165) is 10.4 Å². The maximum atomic E-state index is 11.8. The van der Waals surface area contributed by atoms with Crippen molar-refractivity contribution in [3.8, 4) is 11.4 Å². The fourth-order valence-electron chi connectivity index (χ4n) is 1.90. The number of nitrogens with zero attached hydrogens (tertiary/aromatic N) is 2. The van der Waals surface area contributed by atoms with Crippen molar-refractivity contribution in [2.24, 2.45) is 0 Å². The molecule has 1 aromatic carbocycles. The summed E-state index contributed by atoms with van der Waals surface area (Å²) in [6.07, 6.45) is 0. The van der Waals surface area contributed by atoms with Crippen LogP contribution in [0.25, 0.3) is 11.4 Å². The molecule has 5 nitrogen and oxygen atoms in total. The zero-order valence-electron chi connectivity index (χ0n) is 12.3. The zero-order chi connectivity index (χ0) is 15.9. The Bertz CT molecular complexity index is 742. The molecule has 0 bridgehead atoms. The highest BCUT2D eigenvalue weighted by Crippen LogP contribution is 2.17. The Labute approximate surface area is 142 Å². The van der Waals surface area contributed by atoms with Gasteiger partial charge in [0.2, 0.25) is 17.6 Å². The van der Waals surface area contributed by atoms with E-state index in [1.807, 2.05) is 47.8 Å². The molecule has 1 N–H and O–H groups in total. The topological polar surface area (TPSA) is 68.0 Å². The Kier molecular flexibility index (Phi) is 5.44. The molecule has 3 aromatic rings. The van der Waals surface area contributed by atoms with Crippen molar-refractivity contribution in [3.05, 3.63) is 58.6 Å². The van der Waals surface area contributed by atoms with Crippen molar-refractivity contribution in [1.82, 2.24) is 15.5 Å². The van der Waals surface area contributed by atoms with Crippen LogP contribution in [0.4, 0.5) is 0 Å². The maximum Gasteiger partial charge on any atom is 0.236 e. The smallest absolute Gasteiger partial charge is 0.236 e. The second-order valence-corrected chi connectivity index (χ2v) is 6.74. The normalized spacial score (nSPS) is 10.6. The Hall–Kier alpha value is -2.12. The summed E-state index contributed by atoms with van der Waals surface area (Å²) in [4.78, 5) is 17.2. The van der Waals surface area contributed by atoms with Gasteiger partial charge in [-0.1, -0.05) is 41.6 Å². The monoisotopic (exact) mass is 345 g/mol. The number of nitrogens with one attached hydrogen (secondary N) is 1. The number of carbonyl (C=O) groups is 1. The highest BCUT2D eigenvalue weighted by molar-refractivity contribution is 7.99. The van der Waals surface area contributed by atoms with Crippen molar-refractivity contribution in [2.75, 3.05) is 5.75 Å². The van der Waals surface area contributed by atoms with Crippen LogP contribution >= 0.6 is 23.1 Å². The van der Waals surface area contributed by atoms with Crippen LogP contribution in [0.3, 0.4) is 0 Å². The summed E-state index contributed by atoms with van der Waals surface area (Å²) >= 11 is 3.09. The first-order valence-electron chi connectivity index (χ1n) is 7.06. The number of thiophene rings is 1. The number of rotatable bonds is 7. The molecule has 2 aromatic heterocycles. The molecule has 0 unspecified atom stereocenters. The molecule has 0 radical (unpaired) electrons. The minimum atomic E-state index is 0.00574. The van der Waals surface area contributed by atoms with Gasteiger partial charge in [0.15, 0.2) is 0 Å². The lowest BCUT2D eigenvalue weighted by Crippen LogP contribution is -2.24. The van der Waals surface area contributed by atoms with Gasteiger partial charge in [-0.25, -0.2) is 0 Å². The Morgan fingerprint density at radius 1 is 1.22 bits per heavy atom. The first-order chi connectivity index (χ1) is 11.3. The van der Waals surface area contributed by atoms with Gasteiger partial charge in [-0.3, -0.25) is 4.79 Å². The number of hydrogen-bond acceptors (Lipinski definition) is 6. The molecule has 0 aliphatic carbocycles. The molecule has 0 aliphatic rings. The minimum Gasteiger partial charge on any atom is -0.350 e. The fraction of sp³-hybridized carbons (Fsp3) is 0.188. The van der Waals surface area contributed by atoms with E-state index in [1.54, 1.807) is 11.3 Å². The van der Waals surface area contributed by atoms with Crippen molar-refractivity contribution in [3.63, 3.8) is 0 Å². The van der Waals surface area contributed by atoms with Crippen LogP contribution in [0.15, 0.2) is 52.4 Å². The van der Waals surface area contributed by atoms with Gasteiger partial charge in [-0.05, 0) is 11.4 Å². The fourth-order valence-corrected chi connectivity index (χ4v) is 3.22. The molecule has 7 heteroatoms. The summed E-state index contributed by atoms with van der Waals surface area (Å²) < 4.78 is 5.21. The molecule has 1 amide bonds. The van der Waals surface area contributed by atoms with Crippen LogP contribution in [0.2, 0.25) is 0 Å². The highest BCUT2D eigenvalue weighted by Gasteiger charge is 2.09. The number of aromatic nitrogens is 2.